The number of carbonyl (C=O) groups excluding carboxylic acids is 1. The molecule has 0 aromatic carbocycles. The van der Waals surface area contributed by atoms with Crippen LogP contribution in [0.4, 0.5) is 0 Å². The highest BCUT2D eigenvalue weighted by Gasteiger charge is 2.35. The highest BCUT2D eigenvalue weighted by Crippen LogP contribution is 2.17. The van der Waals surface area contributed by atoms with Crippen molar-refractivity contribution in [1.29, 1.82) is 0 Å². The molecule has 1 heterocycles. The molecule has 1 rings (SSSR count). The zero-order chi connectivity index (χ0) is 12.7. The van der Waals surface area contributed by atoms with Crippen LogP contribution in [-0.4, -0.2) is 55.7 Å². The molecule has 0 aliphatic carbocycles. The molecule has 0 radical (unpaired) electrons. The van der Waals surface area contributed by atoms with E-state index in [-0.39, 0.29) is 5.91 Å². The maximum Gasteiger partial charge on any atom is 0.240 e. The van der Waals surface area contributed by atoms with E-state index in [1.807, 2.05) is 0 Å². The molecule has 0 unspecified atom stereocenters. The number of nitrogens with two attached hydrogens (primary N) is 1. The Morgan fingerprint density at radius 2 is 1.94 bits per heavy atom. The molecule has 0 aromatic rings. The van der Waals surface area contributed by atoms with Crippen molar-refractivity contribution in [1.82, 2.24) is 10.2 Å². The van der Waals surface area contributed by atoms with Gasteiger partial charge in [-0.15, -0.1) is 0 Å². The average molecular weight is 243 g/mol. The largest absolute Gasteiger partial charge is 0.381 e. The van der Waals surface area contributed by atoms with Gasteiger partial charge in [-0.25, -0.2) is 0 Å². The zero-order valence-electron chi connectivity index (χ0n) is 11.0. The number of ether oxygens (including phenoxy) is 1. The van der Waals surface area contributed by atoms with E-state index in [1.165, 1.54) is 0 Å². The van der Waals surface area contributed by atoms with Crippen LogP contribution in [0.15, 0.2) is 0 Å². The Bertz CT molecular complexity index is 236. The maximum atomic E-state index is 12.0. The molecule has 1 aliphatic rings. The Morgan fingerprint density at radius 1 is 1.35 bits per heavy atom. The van der Waals surface area contributed by atoms with Crippen LogP contribution < -0.4 is 11.1 Å². The number of nitrogens with zero attached hydrogens (tertiary/aromatic N) is 1. The van der Waals surface area contributed by atoms with Crippen molar-refractivity contribution in [2.24, 2.45) is 5.73 Å². The predicted molar refractivity (Wildman–Crippen MR) is 67.8 cm³/mol. The van der Waals surface area contributed by atoms with Crippen molar-refractivity contribution in [2.75, 3.05) is 39.4 Å². The predicted octanol–water partition coefficient (Wildman–Crippen LogP) is -0.0477. The topological polar surface area (TPSA) is 67.6 Å². The van der Waals surface area contributed by atoms with E-state index < -0.39 is 5.54 Å². The molecule has 0 atom stereocenters. The fraction of sp³-hybridized carbons (Fsp3) is 0.917. The summed E-state index contributed by atoms with van der Waals surface area (Å²) in [6, 6.07) is 0. The Kier molecular flexibility index (Phi) is 5.88. The second-order valence-corrected chi connectivity index (χ2v) is 4.55. The Hall–Kier alpha value is -0.650. The lowest BCUT2D eigenvalue weighted by Gasteiger charge is -2.32. The number of hydrogen-bond donors (Lipinski definition) is 2. The van der Waals surface area contributed by atoms with Gasteiger partial charge >= 0.3 is 0 Å². The first kappa shape index (κ1) is 14.4. The van der Waals surface area contributed by atoms with Crippen molar-refractivity contribution in [3.8, 4) is 0 Å². The minimum atomic E-state index is -0.721. The van der Waals surface area contributed by atoms with Gasteiger partial charge in [-0.05, 0) is 25.9 Å². The first-order valence-corrected chi connectivity index (χ1v) is 6.49. The first-order valence-electron chi connectivity index (χ1n) is 6.49. The van der Waals surface area contributed by atoms with E-state index in [2.05, 4.69) is 24.1 Å². The molecule has 1 amide bonds. The SMILES string of the molecule is CCN(CC)CCNC(=O)C1(N)CCOCC1. The molecule has 1 fully saturated rings. The summed E-state index contributed by atoms with van der Waals surface area (Å²) in [7, 11) is 0. The van der Waals surface area contributed by atoms with Gasteiger partial charge in [0.25, 0.3) is 0 Å². The molecule has 0 saturated carbocycles. The van der Waals surface area contributed by atoms with Gasteiger partial charge in [-0.1, -0.05) is 13.8 Å². The zero-order valence-corrected chi connectivity index (χ0v) is 11.0. The normalized spacial score (nSPS) is 19.3. The second-order valence-electron chi connectivity index (χ2n) is 4.55. The lowest BCUT2D eigenvalue weighted by atomic mass is 9.90. The third kappa shape index (κ3) is 4.26. The molecule has 1 aliphatic heterocycles. The van der Waals surface area contributed by atoms with Gasteiger partial charge in [0.2, 0.25) is 5.91 Å². The second kappa shape index (κ2) is 6.93. The van der Waals surface area contributed by atoms with Gasteiger partial charge in [-0.2, -0.15) is 0 Å². The summed E-state index contributed by atoms with van der Waals surface area (Å²) in [5.74, 6) is -0.0343. The van der Waals surface area contributed by atoms with Crippen LogP contribution in [0.3, 0.4) is 0 Å². The number of carbonyl (C=O) groups is 1. The smallest absolute Gasteiger partial charge is 0.240 e. The summed E-state index contributed by atoms with van der Waals surface area (Å²) in [6.45, 7) is 8.97. The van der Waals surface area contributed by atoms with Crippen molar-refractivity contribution >= 4 is 5.91 Å². The van der Waals surface area contributed by atoms with Gasteiger partial charge in [-0.3, -0.25) is 4.79 Å². The summed E-state index contributed by atoms with van der Waals surface area (Å²) >= 11 is 0. The number of nitrogens with one attached hydrogen (secondary N) is 1. The third-order valence-electron chi connectivity index (χ3n) is 3.45. The summed E-state index contributed by atoms with van der Waals surface area (Å²) < 4.78 is 5.22. The van der Waals surface area contributed by atoms with Crippen molar-refractivity contribution < 1.29 is 9.53 Å². The van der Waals surface area contributed by atoms with Crippen molar-refractivity contribution in [2.45, 2.75) is 32.2 Å². The highest BCUT2D eigenvalue weighted by atomic mass is 16.5. The van der Waals surface area contributed by atoms with E-state index in [0.717, 1.165) is 19.6 Å². The minimum Gasteiger partial charge on any atom is -0.381 e. The van der Waals surface area contributed by atoms with E-state index in [0.29, 0.717) is 32.6 Å². The van der Waals surface area contributed by atoms with Gasteiger partial charge in [0.05, 0.1) is 5.54 Å². The fourth-order valence-corrected chi connectivity index (χ4v) is 2.01. The minimum absolute atomic E-state index is 0.0343. The van der Waals surface area contributed by atoms with Crippen LogP contribution >= 0.6 is 0 Å². The lowest BCUT2D eigenvalue weighted by molar-refractivity contribution is -0.129. The van der Waals surface area contributed by atoms with Crippen LogP contribution in [0.1, 0.15) is 26.7 Å². The summed E-state index contributed by atoms with van der Waals surface area (Å²) in [4.78, 5) is 14.2. The van der Waals surface area contributed by atoms with E-state index in [9.17, 15) is 4.79 Å². The summed E-state index contributed by atoms with van der Waals surface area (Å²) in [5, 5.41) is 2.93. The van der Waals surface area contributed by atoms with E-state index in [4.69, 9.17) is 10.5 Å². The van der Waals surface area contributed by atoms with Gasteiger partial charge < -0.3 is 20.7 Å². The molecule has 100 valence electrons. The number of rotatable bonds is 6. The summed E-state index contributed by atoms with van der Waals surface area (Å²) in [6.07, 6.45) is 1.23. The van der Waals surface area contributed by atoms with Crippen molar-refractivity contribution in [3.05, 3.63) is 0 Å². The molecule has 1 saturated heterocycles. The first-order chi connectivity index (χ1) is 8.12. The van der Waals surface area contributed by atoms with E-state index in [1.54, 1.807) is 0 Å². The molecule has 0 spiro atoms. The monoisotopic (exact) mass is 243 g/mol. The van der Waals surface area contributed by atoms with Crippen LogP contribution in [0.5, 0.6) is 0 Å². The molecule has 0 aromatic heterocycles. The maximum absolute atomic E-state index is 12.0. The quantitative estimate of drug-likeness (QED) is 0.686. The van der Waals surface area contributed by atoms with Crippen LogP contribution in [-0.2, 0) is 9.53 Å². The number of hydrogen-bond acceptors (Lipinski definition) is 4. The highest BCUT2D eigenvalue weighted by molar-refractivity contribution is 5.86. The number of likely N-dealkylation sites (N-methyl/N-ethyl adjacent to an activating group) is 1. The Balaban J connectivity index is 2.28. The number of amides is 1. The van der Waals surface area contributed by atoms with Gasteiger partial charge in [0.15, 0.2) is 0 Å². The third-order valence-corrected chi connectivity index (χ3v) is 3.45. The van der Waals surface area contributed by atoms with Crippen LogP contribution in [0, 0.1) is 0 Å². The summed E-state index contributed by atoms with van der Waals surface area (Å²) in [5.41, 5.74) is 5.36. The van der Waals surface area contributed by atoms with Crippen LogP contribution in [0.2, 0.25) is 0 Å². The molecule has 17 heavy (non-hydrogen) atoms. The van der Waals surface area contributed by atoms with E-state index >= 15 is 0 Å². The Labute approximate surface area is 104 Å². The van der Waals surface area contributed by atoms with Crippen LogP contribution in [0.25, 0.3) is 0 Å². The fourth-order valence-electron chi connectivity index (χ4n) is 2.01. The Morgan fingerprint density at radius 3 is 2.47 bits per heavy atom. The van der Waals surface area contributed by atoms with Crippen molar-refractivity contribution in [3.63, 3.8) is 0 Å². The molecular formula is C12H25N3O2. The molecule has 5 heteroatoms. The van der Waals surface area contributed by atoms with Gasteiger partial charge in [0.1, 0.15) is 0 Å². The lowest BCUT2D eigenvalue weighted by Crippen LogP contribution is -2.57. The molecule has 5 nitrogen and oxygen atoms in total. The molecular weight excluding hydrogens is 218 g/mol. The van der Waals surface area contributed by atoms with Gasteiger partial charge in [0, 0.05) is 26.3 Å². The standard InChI is InChI=1S/C12H25N3O2/c1-3-15(4-2)8-7-14-11(16)12(13)5-9-17-10-6-12/h3-10,13H2,1-2H3,(H,14,16). The molecule has 0 bridgehead atoms. The molecule has 3 N–H and O–H groups in total. The average Bonchev–Trinajstić information content (AvgIpc) is 2.35.